The minimum atomic E-state index is -2.61. The summed E-state index contributed by atoms with van der Waals surface area (Å²) in [7, 11) is 0. The molecule has 9 heteroatoms. The number of allylic oxidation sites excluding steroid dienone is 1. The van der Waals surface area contributed by atoms with Crippen molar-refractivity contribution in [3.05, 3.63) is 42.4 Å². The second kappa shape index (κ2) is 6.99. The number of H-pyrrole nitrogens is 1. The van der Waals surface area contributed by atoms with E-state index in [0.29, 0.717) is 22.8 Å². The number of benzene rings is 1. The molecule has 0 radical (unpaired) electrons. The number of alkyl halides is 2. The van der Waals surface area contributed by atoms with Crippen molar-refractivity contribution in [3.63, 3.8) is 0 Å². The van der Waals surface area contributed by atoms with Gasteiger partial charge in [0.1, 0.15) is 17.8 Å². The topological polar surface area (TPSA) is 108 Å². The highest BCUT2D eigenvalue weighted by atomic mass is 19.3. The number of halogens is 2. The van der Waals surface area contributed by atoms with Crippen molar-refractivity contribution in [2.45, 2.75) is 18.8 Å². The van der Waals surface area contributed by atoms with Crippen LogP contribution in [-0.2, 0) is 0 Å². The number of hydrogen-bond acceptors (Lipinski definition) is 6. The molecule has 1 aliphatic rings. The van der Waals surface area contributed by atoms with Crippen LogP contribution in [0.2, 0.25) is 0 Å². The largest absolute Gasteiger partial charge is 0.404 e. The maximum Gasteiger partial charge on any atom is 0.251 e. The van der Waals surface area contributed by atoms with Gasteiger partial charge in [0.05, 0.1) is 11.2 Å². The van der Waals surface area contributed by atoms with E-state index in [1.165, 1.54) is 18.7 Å². The van der Waals surface area contributed by atoms with Crippen molar-refractivity contribution in [2.24, 2.45) is 5.73 Å². The summed E-state index contributed by atoms with van der Waals surface area (Å²) in [5.74, 6) is -2.00. The Labute approximate surface area is 159 Å². The third-order valence-electron chi connectivity index (χ3n) is 4.95. The molecule has 2 aromatic heterocycles. The van der Waals surface area contributed by atoms with E-state index in [1.807, 2.05) is 23.1 Å². The zero-order valence-corrected chi connectivity index (χ0v) is 15.0. The van der Waals surface area contributed by atoms with E-state index in [-0.39, 0.29) is 25.9 Å². The highest BCUT2D eigenvalue weighted by Crippen LogP contribution is 2.32. The van der Waals surface area contributed by atoms with Gasteiger partial charge in [0.25, 0.3) is 5.92 Å². The van der Waals surface area contributed by atoms with Gasteiger partial charge in [0, 0.05) is 55.4 Å². The first-order chi connectivity index (χ1) is 13.5. The molecule has 3 heterocycles. The molecule has 0 unspecified atom stereocenters. The maximum absolute atomic E-state index is 13.4. The van der Waals surface area contributed by atoms with Crippen molar-refractivity contribution in [3.8, 4) is 11.4 Å². The van der Waals surface area contributed by atoms with Crippen LogP contribution < -0.4 is 10.6 Å². The van der Waals surface area contributed by atoms with Crippen LogP contribution in [0.25, 0.3) is 27.9 Å². The van der Waals surface area contributed by atoms with E-state index in [9.17, 15) is 8.78 Å². The minimum absolute atomic E-state index is 0.182. The lowest BCUT2D eigenvalue weighted by atomic mass is 10.0. The number of piperidine rings is 1. The molecule has 144 valence electrons. The highest BCUT2D eigenvalue weighted by molar-refractivity contribution is 6.09. The quantitative estimate of drug-likeness (QED) is 0.600. The molecule has 0 amide bonds. The summed E-state index contributed by atoms with van der Waals surface area (Å²) < 4.78 is 26.9. The van der Waals surface area contributed by atoms with Crippen molar-refractivity contribution in [1.82, 2.24) is 20.2 Å². The average molecular weight is 383 g/mol. The molecule has 0 aliphatic carbocycles. The Morgan fingerprint density at radius 1 is 1.21 bits per heavy atom. The molecule has 3 aromatic rings. The Balaban J connectivity index is 1.70. The van der Waals surface area contributed by atoms with Gasteiger partial charge >= 0.3 is 0 Å². The van der Waals surface area contributed by atoms with Gasteiger partial charge in [-0.2, -0.15) is 5.10 Å². The second-order valence-corrected chi connectivity index (χ2v) is 6.70. The van der Waals surface area contributed by atoms with E-state index < -0.39 is 5.92 Å². The summed E-state index contributed by atoms with van der Waals surface area (Å²) in [6.45, 7) is 0.498. The summed E-state index contributed by atoms with van der Waals surface area (Å²) in [5.41, 5.74) is 9.01. The fourth-order valence-corrected chi connectivity index (χ4v) is 3.33. The first kappa shape index (κ1) is 18.0. The van der Waals surface area contributed by atoms with Gasteiger partial charge in [-0.3, -0.25) is 5.10 Å². The number of nitrogens with zero attached hydrogens (tertiary/aromatic N) is 4. The Kier molecular flexibility index (Phi) is 4.50. The number of hydrogen-bond donors (Lipinski definition) is 3. The summed E-state index contributed by atoms with van der Waals surface area (Å²) in [6, 6.07) is 7.37. The number of nitrogens with two attached hydrogens (primary N) is 1. The van der Waals surface area contributed by atoms with E-state index in [4.69, 9.17) is 11.1 Å². The van der Waals surface area contributed by atoms with Gasteiger partial charge in [-0.05, 0) is 17.7 Å². The van der Waals surface area contributed by atoms with Crippen molar-refractivity contribution in [1.29, 1.82) is 5.41 Å². The van der Waals surface area contributed by atoms with Gasteiger partial charge < -0.3 is 16.0 Å². The first-order valence-corrected chi connectivity index (χ1v) is 8.87. The van der Waals surface area contributed by atoms with Crippen LogP contribution in [0.4, 0.5) is 14.6 Å². The molecule has 4 N–H and O–H groups in total. The van der Waals surface area contributed by atoms with Crippen LogP contribution in [0.5, 0.6) is 0 Å². The van der Waals surface area contributed by atoms with Crippen LogP contribution in [0.15, 0.2) is 36.8 Å². The Bertz CT molecular complexity index is 1050. The van der Waals surface area contributed by atoms with E-state index in [2.05, 4.69) is 20.2 Å². The lowest BCUT2D eigenvalue weighted by Gasteiger charge is -2.32. The predicted octanol–water partition coefficient (Wildman–Crippen LogP) is 3.20. The SMILES string of the molecule is N=CC(=CN)c1ccc2[nH]nc(-c3cc(N4CCC(F)(F)CC4)ncn3)c2c1. The molecule has 1 aliphatic heterocycles. The second-order valence-electron chi connectivity index (χ2n) is 6.70. The van der Waals surface area contributed by atoms with Crippen molar-refractivity contribution in [2.75, 3.05) is 18.0 Å². The molecular weight excluding hydrogens is 364 g/mol. The van der Waals surface area contributed by atoms with Gasteiger partial charge in [0.15, 0.2) is 0 Å². The standard InChI is InChI=1S/C19H19F2N7/c20-19(21)3-5-28(6-4-19)17-8-16(24-11-25-17)18-14-7-12(13(9-22)10-23)1-2-15(14)26-27-18/h1-2,7-11,22H,3-6,23H2,(H,26,27). The minimum Gasteiger partial charge on any atom is -0.404 e. The first-order valence-electron chi connectivity index (χ1n) is 8.87. The zero-order chi connectivity index (χ0) is 19.7. The molecule has 7 nitrogen and oxygen atoms in total. The van der Waals surface area contributed by atoms with Crippen LogP contribution in [0.3, 0.4) is 0 Å². The average Bonchev–Trinajstić information content (AvgIpc) is 3.12. The fraction of sp³-hybridized carbons (Fsp3) is 0.263. The molecule has 0 saturated carbocycles. The van der Waals surface area contributed by atoms with Gasteiger partial charge in [-0.25, -0.2) is 18.7 Å². The molecule has 0 bridgehead atoms. The lowest BCUT2D eigenvalue weighted by Crippen LogP contribution is -2.39. The molecule has 1 fully saturated rings. The Morgan fingerprint density at radius 2 is 2.00 bits per heavy atom. The number of aromatic amines is 1. The molecule has 0 spiro atoms. The molecule has 1 saturated heterocycles. The van der Waals surface area contributed by atoms with Gasteiger partial charge in [-0.1, -0.05) is 6.07 Å². The molecule has 4 rings (SSSR count). The highest BCUT2D eigenvalue weighted by Gasteiger charge is 2.34. The molecule has 1 aromatic carbocycles. The number of aromatic nitrogens is 4. The molecular formula is C19H19F2N7. The fourth-order valence-electron chi connectivity index (χ4n) is 3.33. The number of fused-ring (bicyclic) bond motifs is 1. The smallest absolute Gasteiger partial charge is 0.251 e. The van der Waals surface area contributed by atoms with Crippen LogP contribution in [0, 0.1) is 5.41 Å². The zero-order valence-electron chi connectivity index (χ0n) is 15.0. The number of anilines is 1. The van der Waals surface area contributed by atoms with Crippen LogP contribution in [-0.4, -0.2) is 45.4 Å². The third kappa shape index (κ3) is 3.30. The van der Waals surface area contributed by atoms with Crippen molar-refractivity contribution >= 4 is 28.5 Å². The normalized spacial score (nSPS) is 17.1. The number of rotatable bonds is 4. The lowest BCUT2D eigenvalue weighted by molar-refractivity contribution is -0.0221. The van der Waals surface area contributed by atoms with Gasteiger partial charge in [0.2, 0.25) is 0 Å². The van der Waals surface area contributed by atoms with Crippen LogP contribution in [0.1, 0.15) is 18.4 Å². The summed E-state index contributed by atoms with van der Waals surface area (Å²) in [6.07, 6.45) is 3.63. The Hall–Kier alpha value is -3.36. The summed E-state index contributed by atoms with van der Waals surface area (Å²) in [5, 5.41) is 15.6. The van der Waals surface area contributed by atoms with Gasteiger partial charge in [-0.15, -0.1) is 0 Å². The van der Waals surface area contributed by atoms with Crippen LogP contribution >= 0.6 is 0 Å². The predicted molar refractivity (Wildman–Crippen MR) is 104 cm³/mol. The monoisotopic (exact) mass is 383 g/mol. The molecule has 28 heavy (non-hydrogen) atoms. The maximum atomic E-state index is 13.4. The Morgan fingerprint density at radius 3 is 2.71 bits per heavy atom. The van der Waals surface area contributed by atoms with Crippen molar-refractivity contribution < 1.29 is 8.78 Å². The summed E-state index contributed by atoms with van der Waals surface area (Å²) >= 11 is 0. The van der Waals surface area contributed by atoms with E-state index in [0.717, 1.165) is 16.5 Å². The third-order valence-corrected chi connectivity index (χ3v) is 4.95. The molecule has 0 atom stereocenters. The van der Waals surface area contributed by atoms with E-state index in [1.54, 1.807) is 6.07 Å². The number of nitrogens with one attached hydrogen (secondary N) is 2. The summed E-state index contributed by atoms with van der Waals surface area (Å²) in [4.78, 5) is 10.4. The van der Waals surface area contributed by atoms with E-state index >= 15 is 0 Å².